The maximum Gasteiger partial charge on any atom is 0.413 e. The van der Waals surface area contributed by atoms with Crippen molar-refractivity contribution in [1.29, 1.82) is 0 Å². The molecule has 1 amide bonds. The Morgan fingerprint density at radius 1 is 1.13 bits per heavy atom. The number of hydrogen-bond acceptors (Lipinski definition) is 5. The molecule has 6 heteroatoms. The van der Waals surface area contributed by atoms with Gasteiger partial charge in [0.1, 0.15) is 17.2 Å². The highest BCUT2D eigenvalue weighted by Gasteiger charge is 2.34. The van der Waals surface area contributed by atoms with E-state index in [-0.39, 0.29) is 12.3 Å². The van der Waals surface area contributed by atoms with Crippen LogP contribution in [-0.4, -0.2) is 34.4 Å². The second kappa shape index (κ2) is 8.17. The maximum absolute atomic E-state index is 12.6. The Balaban J connectivity index is 1.58. The van der Waals surface area contributed by atoms with E-state index in [1.807, 2.05) is 45.0 Å². The van der Waals surface area contributed by atoms with Gasteiger partial charge in [-0.05, 0) is 75.8 Å². The molecule has 160 valence electrons. The minimum absolute atomic E-state index is 0.323. The topological polar surface area (TPSA) is 77.7 Å². The molecule has 1 saturated carbocycles. The van der Waals surface area contributed by atoms with Gasteiger partial charge < -0.3 is 15.2 Å². The lowest BCUT2D eigenvalue weighted by molar-refractivity contribution is -0.00508. The number of rotatable bonds is 4. The largest absolute Gasteiger partial charge is 0.470 e. The Morgan fingerprint density at radius 2 is 1.93 bits per heavy atom. The average Bonchev–Trinajstić information content (AvgIpc) is 3.08. The zero-order chi connectivity index (χ0) is 21.3. The van der Waals surface area contributed by atoms with Crippen LogP contribution in [0, 0.1) is 0 Å². The summed E-state index contributed by atoms with van der Waals surface area (Å²) in [5.41, 5.74) is 8.63. The minimum Gasteiger partial charge on any atom is -0.470 e. The highest BCUT2D eigenvalue weighted by Crippen LogP contribution is 2.42. The Bertz CT molecular complexity index is 918. The van der Waals surface area contributed by atoms with Crippen molar-refractivity contribution in [3.8, 4) is 17.0 Å². The van der Waals surface area contributed by atoms with Crippen molar-refractivity contribution in [2.75, 3.05) is 12.3 Å². The summed E-state index contributed by atoms with van der Waals surface area (Å²) in [4.78, 5) is 18.8. The zero-order valence-electron chi connectivity index (χ0n) is 18.1. The number of anilines is 1. The second-order valence-electron chi connectivity index (χ2n) is 9.21. The molecule has 1 atom stereocenters. The first-order valence-electron chi connectivity index (χ1n) is 10.8. The lowest BCUT2D eigenvalue weighted by Gasteiger charge is -2.30. The van der Waals surface area contributed by atoms with Crippen LogP contribution < -0.4 is 10.5 Å². The monoisotopic (exact) mass is 409 g/mol. The van der Waals surface area contributed by atoms with E-state index in [2.05, 4.69) is 11.1 Å². The number of nitrogens with two attached hydrogens (primary N) is 1. The van der Waals surface area contributed by atoms with E-state index in [1.165, 1.54) is 24.8 Å². The van der Waals surface area contributed by atoms with Crippen LogP contribution in [0.3, 0.4) is 0 Å². The number of aromatic nitrogens is 1. The molecule has 2 heterocycles. The Hall–Kier alpha value is -2.76. The summed E-state index contributed by atoms with van der Waals surface area (Å²) in [7, 11) is 0. The Labute approximate surface area is 178 Å². The molecule has 0 bridgehead atoms. The van der Waals surface area contributed by atoms with Gasteiger partial charge in [0, 0.05) is 18.5 Å². The molecule has 1 aromatic carbocycles. The number of likely N-dealkylation sites (tertiary alicyclic amines) is 1. The third-order valence-electron chi connectivity index (χ3n) is 5.71. The van der Waals surface area contributed by atoms with Crippen LogP contribution in [0.5, 0.6) is 5.75 Å². The van der Waals surface area contributed by atoms with E-state index in [1.54, 1.807) is 11.0 Å². The third kappa shape index (κ3) is 4.53. The number of nitrogens with zero attached hydrogens (tertiary/aromatic N) is 2. The first kappa shape index (κ1) is 20.5. The summed E-state index contributed by atoms with van der Waals surface area (Å²) in [6, 6.07) is 11.9. The second-order valence-corrected chi connectivity index (χ2v) is 9.21. The Kier molecular flexibility index (Phi) is 5.58. The fraction of sp³-hybridized carbons (Fsp3) is 0.500. The molecule has 2 aliphatic rings. The smallest absolute Gasteiger partial charge is 0.413 e. The molecule has 0 radical (unpaired) electrons. The van der Waals surface area contributed by atoms with Gasteiger partial charge in [-0.2, -0.15) is 0 Å². The molecule has 1 aliphatic heterocycles. The summed E-state index contributed by atoms with van der Waals surface area (Å²) >= 11 is 0. The van der Waals surface area contributed by atoms with Crippen molar-refractivity contribution in [1.82, 2.24) is 9.88 Å². The molecule has 1 saturated heterocycles. The van der Waals surface area contributed by atoms with Crippen LogP contribution in [-0.2, 0) is 4.74 Å². The SMILES string of the molecule is CC(C)(C)OC(=O)N1CCCC1Oc1ccc(C2CCC2)c(-c2cccc(N)n2)c1. The van der Waals surface area contributed by atoms with Crippen LogP contribution in [0.1, 0.15) is 64.4 Å². The molecule has 0 spiro atoms. The number of carbonyl (C=O) groups is 1. The van der Waals surface area contributed by atoms with Gasteiger partial charge in [0.2, 0.25) is 0 Å². The molecule has 2 fully saturated rings. The maximum atomic E-state index is 12.6. The summed E-state index contributed by atoms with van der Waals surface area (Å²) in [5, 5.41) is 0. The quantitative estimate of drug-likeness (QED) is 0.738. The predicted molar refractivity (Wildman–Crippen MR) is 117 cm³/mol. The van der Waals surface area contributed by atoms with Gasteiger partial charge in [0.15, 0.2) is 6.23 Å². The van der Waals surface area contributed by atoms with Crippen LogP contribution in [0.15, 0.2) is 36.4 Å². The normalized spacial score (nSPS) is 19.4. The first-order valence-corrected chi connectivity index (χ1v) is 10.8. The van der Waals surface area contributed by atoms with Gasteiger partial charge in [0.05, 0.1) is 5.69 Å². The fourth-order valence-corrected chi connectivity index (χ4v) is 4.05. The van der Waals surface area contributed by atoms with Gasteiger partial charge in [-0.15, -0.1) is 0 Å². The molecular formula is C24H31N3O3. The molecule has 4 rings (SSSR count). The predicted octanol–water partition coefficient (Wildman–Crippen LogP) is 5.33. The van der Waals surface area contributed by atoms with Gasteiger partial charge in [-0.3, -0.25) is 4.90 Å². The van der Waals surface area contributed by atoms with E-state index < -0.39 is 5.60 Å². The standard InChI is InChI=1S/C24H31N3O3/c1-24(2,3)30-23(28)27-14-6-11-22(27)29-17-12-13-18(16-7-4-8-16)19(15-17)20-9-5-10-21(25)26-20/h5,9-10,12-13,15-16,22H,4,6-8,11,14H2,1-3H3,(H2,25,26). The van der Waals surface area contributed by atoms with Crippen LogP contribution >= 0.6 is 0 Å². The first-order chi connectivity index (χ1) is 14.3. The van der Waals surface area contributed by atoms with Gasteiger partial charge in [-0.1, -0.05) is 18.6 Å². The summed E-state index contributed by atoms with van der Waals surface area (Å²) < 4.78 is 11.8. The van der Waals surface area contributed by atoms with Crippen molar-refractivity contribution >= 4 is 11.9 Å². The van der Waals surface area contributed by atoms with Crippen LogP contribution in [0.4, 0.5) is 10.6 Å². The summed E-state index contributed by atoms with van der Waals surface area (Å²) in [5.74, 6) is 1.80. The van der Waals surface area contributed by atoms with Crippen molar-refractivity contribution in [3.63, 3.8) is 0 Å². The molecule has 2 aromatic rings. The Morgan fingerprint density at radius 3 is 2.60 bits per heavy atom. The van der Waals surface area contributed by atoms with Crippen molar-refractivity contribution < 1.29 is 14.3 Å². The van der Waals surface area contributed by atoms with Crippen molar-refractivity contribution in [2.45, 2.75) is 70.6 Å². The number of amides is 1. The van der Waals surface area contributed by atoms with E-state index in [0.717, 1.165) is 29.8 Å². The average molecular weight is 410 g/mol. The fourth-order valence-electron chi connectivity index (χ4n) is 4.05. The van der Waals surface area contributed by atoms with Crippen molar-refractivity contribution in [3.05, 3.63) is 42.0 Å². The minimum atomic E-state index is -0.527. The van der Waals surface area contributed by atoms with E-state index in [4.69, 9.17) is 15.2 Å². The highest BCUT2D eigenvalue weighted by atomic mass is 16.6. The van der Waals surface area contributed by atoms with E-state index >= 15 is 0 Å². The zero-order valence-corrected chi connectivity index (χ0v) is 18.1. The van der Waals surface area contributed by atoms with Crippen LogP contribution in [0.25, 0.3) is 11.3 Å². The highest BCUT2D eigenvalue weighted by molar-refractivity contribution is 5.69. The van der Waals surface area contributed by atoms with Gasteiger partial charge in [0.25, 0.3) is 0 Å². The number of benzene rings is 1. The van der Waals surface area contributed by atoms with Crippen LogP contribution in [0.2, 0.25) is 0 Å². The molecule has 1 unspecified atom stereocenters. The van der Waals surface area contributed by atoms with Crippen molar-refractivity contribution in [2.24, 2.45) is 0 Å². The molecule has 30 heavy (non-hydrogen) atoms. The number of pyridine rings is 1. The number of hydrogen-bond donors (Lipinski definition) is 1. The summed E-state index contributed by atoms with van der Waals surface area (Å²) in [6.45, 7) is 6.27. The molecule has 1 aliphatic carbocycles. The summed E-state index contributed by atoms with van der Waals surface area (Å²) in [6.07, 6.45) is 4.70. The molecular weight excluding hydrogens is 378 g/mol. The van der Waals surface area contributed by atoms with Gasteiger partial charge >= 0.3 is 6.09 Å². The third-order valence-corrected chi connectivity index (χ3v) is 5.71. The lowest BCUT2D eigenvalue weighted by atomic mass is 9.77. The molecule has 2 N–H and O–H groups in total. The molecule has 1 aromatic heterocycles. The number of nitrogen functional groups attached to an aromatic ring is 1. The van der Waals surface area contributed by atoms with E-state index in [0.29, 0.717) is 18.3 Å². The van der Waals surface area contributed by atoms with E-state index in [9.17, 15) is 4.79 Å². The number of carbonyl (C=O) groups excluding carboxylic acids is 1. The lowest BCUT2D eigenvalue weighted by Crippen LogP contribution is -2.42. The molecule has 6 nitrogen and oxygen atoms in total. The number of ether oxygens (including phenoxy) is 2. The van der Waals surface area contributed by atoms with Gasteiger partial charge in [-0.25, -0.2) is 9.78 Å².